The second-order valence-electron chi connectivity index (χ2n) is 6.42. The van der Waals surface area contributed by atoms with E-state index < -0.39 is 5.97 Å². The van der Waals surface area contributed by atoms with Crippen molar-refractivity contribution in [3.8, 4) is 5.75 Å². The molecule has 1 heterocycles. The van der Waals surface area contributed by atoms with Crippen LogP contribution in [0.3, 0.4) is 0 Å². The smallest absolute Gasteiger partial charge is 0.339 e. The Morgan fingerprint density at radius 2 is 1.86 bits per heavy atom. The largest absolute Gasteiger partial charge is 0.425 e. The van der Waals surface area contributed by atoms with Gasteiger partial charge >= 0.3 is 11.6 Å². The van der Waals surface area contributed by atoms with E-state index in [1.807, 2.05) is 13.8 Å². The van der Waals surface area contributed by atoms with Gasteiger partial charge in [-0.05, 0) is 43.2 Å². The maximum absolute atomic E-state index is 12.2. The molecule has 0 aliphatic carbocycles. The van der Waals surface area contributed by atoms with E-state index in [-0.39, 0.29) is 23.8 Å². The third kappa shape index (κ3) is 4.28. The quantitative estimate of drug-likeness (QED) is 0.403. The van der Waals surface area contributed by atoms with Crippen LogP contribution in [0.4, 0.5) is 0 Å². The van der Waals surface area contributed by atoms with E-state index in [4.69, 9.17) is 9.15 Å². The maximum Gasteiger partial charge on any atom is 0.339 e. The summed E-state index contributed by atoms with van der Waals surface area (Å²) in [6.45, 7) is 3.61. The summed E-state index contributed by atoms with van der Waals surface area (Å²) in [7, 11) is 0. The normalized spacial score (nSPS) is 10.6. The number of aryl methyl sites for hydroxylation is 1. The molecule has 0 atom stereocenters. The van der Waals surface area contributed by atoms with Crippen LogP contribution in [0.1, 0.15) is 34.8 Å². The molecule has 28 heavy (non-hydrogen) atoms. The fraction of sp³-hybridized carbons (Fsp3) is 0.227. The van der Waals surface area contributed by atoms with Crippen LogP contribution in [0.2, 0.25) is 0 Å². The Kier molecular flexibility index (Phi) is 5.89. The van der Waals surface area contributed by atoms with Gasteiger partial charge in [0.15, 0.2) is 0 Å². The molecule has 6 nitrogen and oxygen atoms in total. The Labute approximate surface area is 162 Å². The molecule has 6 heteroatoms. The number of benzene rings is 2. The third-order valence-corrected chi connectivity index (χ3v) is 4.42. The summed E-state index contributed by atoms with van der Waals surface area (Å²) in [6, 6.07) is 13.5. The van der Waals surface area contributed by atoms with Gasteiger partial charge < -0.3 is 14.5 Å². The highest BCUT2D eigenvalue weighted by Gasteiger charge is 2.13. The highest BCUT2D eigenvalue weighted by molar-refractivity contribution is 5.96. The van der Waals surface area contributed by atoms with Gasteiger partial charge in [0, 0.05) is 22.6 Å². The summed E-state index contributed by atoms with van der Waals surface area (Å²) in [5.41, 5.74) is 2.00. The molecule has 1 N–H and O–H groups in total. The summed E-state index contributed by atoms with van der Waals surface area (Å²) < 4.78 is 10.6. The SMILES string of the molecule is CCCc1c(C)c2ccc(OC(=O)CNC(=O)c3ccccc3)cc2oc1=O. The highest BCUT2D eigenvalue weighted by Crippen LogP contribution is 2.24. The van der Waals surface area contributed by atoms with Gasteiger partial charge in [-0.25, -0.2) is 9.59 Å². The minimum atomic E-state index is -0.620. The van der Waals surface area contributed by atoms with Gasteiger partial charge in [0.1, 0.15) is 17.9 Å². The average molecular weight is 379 g/mol. The number of ether oxygens (including phenoxy) is 1. The number of hydrogen-bond donors (Lipinski definition) is 1. The van der Waals surface area contributed by atoms with Crippen LogP contribution in [0.15, 0.2) is 57.7 Å². The van der Waals surface area contributed by atoms with Crippen LogP contribution in [0.25, 0.3) is 11.0 Å². The molecule has 0 aliphatic rings. The number of esters is 1. The molecule has 3 aromatic rings. The van der Waals surface area contributed by atoms with E-state index in [1.54, 1.807) is 42.5 Å². The lowest BCUT2D eigenvalue weighted by Gasteiger charge is -2.09. The summed E-state index contributed by atoms with van der Waals surface area (Å²) >= 11 is 0. The van der Waals surface area contributed by atoms with Crippen LogP contribution in [0.5, 0.6) is 5.75 Å². The van der Waals surface area contributed by atoms with E-state index in [0.717, 1.165) is 17.4 Å². The number of nitrogens with one attached hydrogen (secondary N) is 1. The van der Waals surface area contributed by atoms with Crippen molar-refractivity contribution in [3.63, 3.8) is 0 Å². The van der Waals surface area contributed by atoms with Crippen molar-refractivity contribution in [2.45, 2.75) is 26.7 Å². The summed E-state index contributed by atoms with van der Waals surface area (Å²) in [5, 5.41) is 3.31. The van der Waals surface area contributed by atoms with Gasteiger partial charge in [-0.15, -0.1) is 0 Å². The predicted octanol–water partition coefficient (Wildman–Crippen LogP) is 3.39. The third-order valence-electron chi connectivity index (χ3n) is 4.42. The van der Waals surface area contributed by atoms with E-state index >= 15 is 0 Å². The second-order valence-corrected chi connectivity index (χ2v) is 6.42. The lowest BCUT2D eigenvalue weighted by atomic mass is 10.0. The van der Waals surface area contributed by atoms with Crippen molar-refractivity contribution in [1.29, 1.82) is 0 Å². The number of carbonyl (C=O) groups excluding carboxylic acids is 2. The number of carbonyl (C=O) groups is 2. The molecular formula is C22H21NO5. The zero-order chi connectivity index (χ0) is 20.1. The van der Waals surface area contributed by atoms with E-state index in [2.05, 4.69) is 5.32 Å². The number of hydrogen-bond acceptors (Lipinski definition) is 5. The Bertz CT molecular complexity index is 1070. The molecule has 0 unspecified atom stereocenters. The van der Waals surface area contributed by atoms with Crippen molar-refractivity contribution in [2.75, 3.05) is 6.54 Å². The van der Waals surface area contributed by atoms with Gasteiger partial charge in [-0.2, -0.15) is 0 Å². The van der Waals surface area contributed by atoms with Gasteiger partial charge in [0.05, 0.1) is 0 Å². The molecular weight excluding hydrogens is 358 g/mol. The van der Waals surface area contributed by atoms with E-state index in [0.29, 0.717) is 23.1 Å². The molecule has 1 aromatic heterocycles. The van der Waals surface area contributed by atoms with Crippen LogP contribution < -0.4 is 15.7 Å². The Morgan fingerprint density at radius 1 is 1.11 bits per heavy atom. The number of fused-ring (bicyclic) bond motifs is 1. The van der Waals surface area contributed by atoms with Crippen LogP contribution >= 0.6 is 0 Å². The Balaban J connectivity index is 1.70. The lowest BCUT2D eigenvalue weighted by molar-refractivity contribution is -0.133. The fourth-order valence-corrected chi connectivity index (χ4v) is 2.99. The van der Waals surface area contributed by atoms with Crippen LogP contribution in [-0.2, 0) is 11.2 Å². The predicted molar refractivity (Wildman–Crippen MR) is 106 cm³/mol. The molecule has 1 amide bonds. The standard InChI is InChI=1S/C22H21NO5/c1-3-7-18-14(2)17-11-10-16(12-19(17)28-22(18)26)27-20(24)13-23-21(25)15-8-5-4-6-9-15/h4-6,8-12H,3,7,13H2,1-2H3,(H,23,25). The highest BCUT2D eigenvalue weighted by atomic mass is 16.5. The first-order valence-electron chi connectivity index (χ1n) is 9.10. The van der Waals surface area contributed by atoms with Gasteiger partial charge in [-0.1, -0.05) is 31.5 Å². The first-order chi connectivity index (χ1) is 13.5. The first-order valence-corrected chi connectivity index (χ1v) is 9.10. The fourth-order valence-electron chi connectivity index (χ4n) is 2.99. The van der Waals surface area contributed by atoms with Crippen molar-refractivity contribution in [1.82, 2.24) is 5.32 Å². The minimum Gasteiger partial charge on any atom is -0.425 e. The Morgan fingerprint density at radius 3 is 2.57 bits per heavy atom. The van der Waals surface area contributed by atoms with Crippen molar-refractivity contribution in [2.24, 2.45) is 0 Å². The van der Waals surface area contributed by atoms with Gasteiger partial charge in [0.2, 0.25) is 0 Å². The summed E-state index contributed by atoms with van der Waals surface area (Å²) in [5.74, 6) is -0.733. The topological polar surface area (TPSA) is 85.6 Å². The monoisotopic (exact) mass is 379 g/mol. The van der Waals surface area contributed by atoms with Crippen LogP contribution in [-0.4, -0.2) is 18.4 Å². The second kappa shape index (κ2) is 8.52. The number of rotatable bonds is 6. The molecule has 0 aliphatic heterocycles. The molecule has 3 rings (SSSR count). The Hall–Kier alpha value is -3.41. The van der Waals surface area contributed by atoms with Crippen molar-refractivity contribution in [3.05, 3.63) is 75.6 Å². The summed E-state index contributed by atoms with van der Waals surface area (Å²) in [4.78, 5) is 36.2. The molecule has 2 aromatic carbocycles. The lowest BCUT2D eigenvalue weighted by Crippen LogP contribution is -2.31. The van der Waals surface area contributed by atoms with E-state index in [1.165, 1.54) is 6.07 Å². The summed E-state index contributed by atoms with van der Waals surface area (Å²) in [6.07, 6.45) is 1.50. The molecule has 0 saturated carbocycles. The first kappa shape index (κ1) is 19.4. The molecule has 0 bridgehead atoms. The van der Waals surface area contributed by atoms with E-state index in [9.17, 15) is 14.4 Å². The van der Waals surface area contributed by atoms with Gasteiger partial charge in [0.25, 0.3) is 5.91 Å². The molecule has 0 saturated heterocycles. The molecule has 144 valence electrons. The zero-order valence-electron chi connectivity index (χ0n) is 15.8. The molecule has 0 radical (unpaired) electrons. The molecule has 0 spiro atoms. The zero-order valence-corrected chi connectivity index (χ0v) is 15.8. The van der Waals surface area contributed by atoms with Gasteiger partial charge in [-0.3, -0.25) is 4.79 Å². The minimum absolute atomic E-state index is 0.247. The number of amides is 1. The molecule has 0 fully saturated rings. The van der Waals surface area contributed by atoms with Crippen LogP contribution in [0, 0.1) is 6.92 Å². The maximum atomic E-state index is 12.2. The van der Waals surface area contributed by atoms with Crippen molar-refractivity contribution >= 4 is 22.8 Å². The van der Waals surface area contributed by atoms with Crippen molar-refractivity contribution < 1.29 is 18.7 Å². The average Bonchev–Trinajstić information content (AvgIpc) is 2.70.